The molecule has 7 nitrogen and oxygen atoms in total. The molecule has 29 heavy (non-hydrogen) atoms. The number of aromatic nitrogens is 3. The van der Waals surface area contributed by atoms with E-state index in [0.717, 1.165) is 5.56 Å². The minimum atomic E-state index is -0.606. The van der Waals surface area contributed by atoms with Gasteiger partial charge in [-0.25, -0.2) is 0 Å². The van der Waals surface area contributed by atoms with Gasteiger partial charge in [-0.2, -0.15) is 0 Å². The maximum absolute atomic E-state index is 12.3. The van der Waals surface area contributed by atoms with Crippen molar-refractivity contribution < 1.29 is 9.59 Å². The zero-order valence-corrected chi connectivity index (χ0v) is 17.7. The highest BCUT2D eigenvalue weighted by atomic mass is 35.5. The maximum Gasteiger partial charge on any atom is 0.250 e. The molecule has 1 heterocycles. The van der Waals surface area contributed by atoms with Crippen molar-refractivity contribution in [3.63, 3.8) is 0 Å². The van der Waals surface area contributed by atoms with Gasteiger partial charge in [0.1, 0.15) is 0 Å². The number of primary amides is 1. The van der Waals surface area contributed by atoms with Crippen LogP contribution in [0.1, 0.15) is 17.3 Å². The average Bonchev–Trinajstić information content (AvgIpc) is 3.11. The summed E-state index contributed by atoms with van der Waals surface area (Å²) in [6, 6.07) is 11.8. The number of carbonyl (C=O) groups is 2. The number of hydrogen-bond acceptors (Lipinski definition) is 5. The van der Waals surface area contributed by atoms with Crippen molar-refractivity contribution in [1.29, 1.82) is 0 Å². The van der Waals surface area contributed by atoms with Crippen molar-refractivity contribution in [2.45, 2.75) is 18.6 Å². The molecule has 0 atom stereocenters. The molecule has 3 rings (SSSR count). The highest BCUT2D eigenvalue weighted by molar-refractivity contribution is 7.99. The molecule has 0 aliphatic carbocycles. The summed E-state index contributed by atoms with van der Waals surface area (Å²) in [6.45, 7) is 2.56. The summed E-state index contributed by atoms with van der Waals surface area (Å²) in [5.74, 6) is -0.170. The largest absolute Gasteiger partial charge is 0.366 e. The summed E-state index contributed by atoms with van der Waals surface area (Å²) in [5.41, 5.74) is 6.74. The molecule has 0 radical (unpaired) electrons. The summed E-state index contributed by atoms with van der Waals surface area (Å²) in [6.07, 6.45) is 0. The fourth-order valence-corrected chi connectivity index (χ4v) is 3.75. The van der Waals surface area contributed by atoms with Gasteiger partial charge in [-0.15, -0.1) is 10.2 Å². The van der Waals surface area contributed by atoms with Crippen LogP contribution in [0.4, 0.5) is 5.69 Å². The van der Waals surface area contributed by atoms with Crippen molar-refractivity contribution in [2.24, 2.45) is 5.73 Å². The summed E-state index contributed by atoms with van der Waals surface area (Å²) < 4.78 is 1.88. The van der Waals surface area contributed by atoms with E-state index in [0.29, 0.717) is 33.3 Å². The van der Waals surface area contributed by atoms with Crippen molar-refractivity contribution in [1.82, 2.24) is 14.8 Å². The molecule has 0 spiro atoms. The minimum absolute atomic E-state index is 0.0899. The van der Waals surface area contributed by atoms with Gasteiger partial charge in [-0.3, -0.25) is 9.59 Å². The number of para-hydroxylation sites is 1. The molecule has 2 amide bonds. The van der Waals surface area contributed by atoms with E-state index in [1.807, 2.05) is 17.6 Å². The number of anilines is 1. The quantitative estimate of drug-likeness (QED) is 0.528. The highest BCUT2D eigenvalue weighted by Crippen LogP contribution is 2.29. The second-order valence-electron chi connectivity index (χ2n) is 5.93. The number of amides is 2. The summed E-state index contributed by atoms with van der Waals surface area (Å²) in [4.78, 5) is 23.8. The number of benzene rings is 2. The molecule has 0 aliphatic heterocycles. The summed E-state index contributed by atoms with van der Waals surface area (Å²) in [7, 11) is 0. The minimum Gasteiger partial charge on any atom is -0.366 e. The standard InChI is InChI=1S/C19H17Cl2N5O2S/c1-2-26-18(11-7-8-13(20)14(21)9-11)24-25-19(26)29-10-16(27)23-15-6-4-3-5-12(15)17(22)28/h3-9H,2,10H2,1H3,(H2,22,28)(H,23,27). The summed E-state index contributed by atoms with van der Waals surface area (Å²) >= 11 is 13.3. The van der Waals surface area contributed by atoms with Crippen molar-refractivity contribution in [3.05, 3.63) is 58.1 Å². The van der Waals surface area contributed by atoms with E-state index in [1.165, 1.54) is 11.8 Å². The number of hydrogen-bond donors (Lipinski definition) is 2. The van der Waals surface area contributed by atoms with E-state index in [1.54, 1.807) is 36.4 Å². The van der Waals surface area contributed by atoms with Crippen molar-refractivity contribution in [3.8, 4) is 11.4 Å². The predicted molar refractivity (Wildman–Crippen MR) is 115 cm³/mol. The van der Waals surface area contributed by atoms with Crippen molar-refractivity contribution in [2.75, 3.05) is 11.1 Å². The van der Waals surface area contributed by atoms with Crippen LogP contribution in [0.3, 0.4) is 0 Å². The molecule has 2 aromatic carbocycles. The molecule has 0 unspecified atom stereocenters. The van der Waals surface area contributed by atoms with E-state index in [2.05, 4.69) is 15.5 Å². The number of nitrogens with two attached hydrogens (primary N) is 1. The Morgan fingerprint density at radius 2 is 1.90 bits per heavy atom. The van der Waals surface area contributed by atoms with Crippen LogP contribution >= 0.6 is 35.0 Å². The second-order valence-corrected chi connectivity index (χ2v) is 7.68. The third-order valence-corrected chi connectivity index (χ3v) is 5.72. The Morgan fingerprint density at radius 3 is 2.59 bits per heavy atom. The fourth-order valence-electron chi connectivity index (χ4n) is 2.65. The Bertz CT molecular complexity index is 1070. The monoisotopic (exact) mass is 449 g/mol. The fraction of sp³-hybridized carbons (Fsp3) is 0.158. The Morgan fingerprint density at radius 1 is 1.14 bits per heavy atom. The smallest absolute Gasteiger partial charge is 0.250 e. The van der Waals surface area contributed by atoms with Crippen molar-refractivity contribution >= 4 is 52.5 Å². The first kappa shape index (κ1) is 21.2. The van der Waals surface area contributed by atoms with Crippen LogP contribution in [0.15, 0.2) is 47.6 Å². The first-order valence-electron chi connectivity index (χ1n) is 8.60. The van der Waals surface area contributed by atoms with Gasteiger partial charge in [-0.05, 0) is 37.3 Å². The molecule has 3 aromatic rings. The van der Waals surface area contributed by atoms with Gasteiger partial charge in [0.15, 0.2) is 11.0 Å². The van der Waals surface area contributed by atoms with E-state index in [4.69, 9.17) is 28.9 Å². The molecule has 0 bridgehead atoms. The van der Waals surface area contributed by atoms with Gasteiger partial charge in [0.05, 0.1) is 27.0 Å². The van der Waals surface area contributed by atoms with E-state index in [-0.39, 0.29) is 17.2 Å². The number of halogens is 2. The third kappa shape index (κ3) is 4.90. The first-order chi connectivity index (χ1) is 13.9. The van der Waals surface area contributed by atoms with Gasteiger partial charge in [0, 0.05) is 12.1 Å². The Balaban J connectivity index is 1.73. The molecular formula is C19H17Cl2N5O2S. The lowest BCUT2D eigenvalue weighted by Gasteiger charge is -2.10. The lowest BCUT2D eigenvalue weighted by molar-refractivity contribution is -0.113. The number of rotatable bonds is 7. The lowest BCUT2D eigenvalue weighted by atomic mass is 10.1. The molecule has 0 saturated heterocycles. The molecule has 0 aliphatic rings. The second kappa shape index (κ2) is 9.30. The van der Waals surface area contributed by atoms with E-state index >= 15 is 0 Å². The molecule has 0 saturated carbocycles. The Labute approximate surface area is 181 Å². The van der Waals surface area contributed by atoms with E-state index < -0.39 is 5.91 Å². The highest BCUT2D eigenvalue weighted by Gasteiger charge is 2.16. The van der Waals surface area contributed by atoms with E-state index in [9.17, 15) is 9.59 Å². The van der Waals surface area contributed by atoms with Crippen LogP contribution < -0.4 is 11.1 Å². The molecular weight excluding hydrogens is 433 g/mol. The Hall–Kier alpha value is -2.55. The van der Waals surface area contributed by atoms with Gasteiger partial charge < -0.3 is 15.6 Å². The number of nitrogens with zero attached hydrogens (tertiary/aromatic N) is 3. The average molecular weight is 450 g/mol. The number of thioether (sulfide) groups is 1. The predicted octanol–water partition coefficient (Wildman–Crippen LogP) is 4.10. The van der Waals surface area contributed by atoms with Crippen LogP contribution in [-0.4, -0.2) is 32.3 Å². The SMILES string of the molecule is CCn1c(SCC(=O)Nc2ccccc2C(N)=O)nnc1-c1ccc(Cl)c(Cl)c1. The van der Waals surface area contributed by atoms with Crippen LogP contribution in [0.2, 0.25) is 10.0 Å². The van der Waals surface area contributed by atoms with Crippen LogP contribution in [0.5, 0.6) is 0 Å². The molecule has 1 aromatic heterocycles. The first-order valence-corrected chi connectivity index (χ1v) is 10.3. The zero-order valence-electron chi connectivity index (χ0n) is 15.4. The topological polar surface area (TPSA) is 103 Å². The Kier molecular flexibility index (Phi) is 6.79. The van der Waals surface area contributed by atoms with Gasteiger partial charge in [0.2, 0.25) is 5.91 Å². The van der Waals surface area contributed by atoms with Crippen LogP contribution in [0.25, 0.3) is 11.4 Å². The molecule has 0 fully saturated rings. The number of carbonyl (C=O) groups excluding carboxylic acids is 2. The molecule has 150 valence electrons. The van der Waals surface area contributed by atoms with Crippen LogP contribution in [0, 0.1) is 0 Å². The zero-order chi connectivity index (χ0) is 21.0. The van der Waals surface area contributed by atoms with Gasteiger partial charge >= 0.3 is 0 Å². The molecule has 10 heteroatoms. The van der Waals surface area contributed by atoms with Gasteiger partial charge in [0.25, 0.3) is 5.91 Å². The third-order valence-electron chi connectivity index (χ3n) is 4.01. The van der Waals surface area contributed by atoms with Crippen LogP contribution in [-0.2, 0) is 11.3 Å². The van der Waals surface area contributed by atoms with Gasteiger partial charge in [-0.1, -0.05) is 47.1 Å². The maximum atomic E-state index is 12.3. The number of nitrogens with one attached hydrogen (secondary N) is 1. The normalized spacial score (nSPS) is 10.7. The molecule has 3 N–H and O–H groups in total. The lowest BCUT2D eigenvalue weighted by Crippen LogP contribution is -2.19. The summed E-state index contributed by atoms with van der Waals surface area (Å²) in [5, 5.41) is 12.6.